The Hall–Kier alpha value is -0.940. The summed E-state index contributed by atoms with van der Waals surface area (Å²) >= 11 is 0. The molecule has 3 heterocycles. The summed E-state index contributed by atoms with van der Waals surface area (Å²) in [6.45, 7) is 1.73. The van der Waals surface area contributed by atoms with Gasteiger partial charge in [-0.1, -0.05) is 0 Å². The highest BCUT2D eigenvalue weighted by atomic mass is 16.5. The first-order chi connectivity index (χ1) is 7.95. The maximum Gasteiger partial charge on any atom is 0.137 e. The van der Waals surface area contributed by atoms with Gasteiger partial charge in [0.15, 0.2) is 0 Å². The van der Waals surface area contributed by atoms with Crippen LogP contribution in [-0.4, -0.2) is 40.2 Å². The van der Waals surface area contributed by atoms with Crippen LogP contribution in [0.1, 0.15) is 31.7 Å². The Morgan fingerprint density at radius 2 is 1.81 bits per heavy atom. The minimum Gasteiger partial charge on any atom is -0.376 e. The maximum atomic E-state index is 5.78. The van der Waals surface area contributed by atoms with Crippen LogP contribution in [0.4, 0.5) is 0 Å². The topological polar surface area (TPSA) is 49.2 Å². The first-order valence-corrected chi connectivity index (χ1v) is 6.02. The Labute approximate surface area is 94.8 Å². The van der Waals surface area contributed by atoms with Crippen LogP contribution in [0.15, 0.2) is 12.7 Å². The average Bonchev–Trinajstić information content (AvgIpc) is 3.02. The normalized spacial score (nSPS) is 32.0. The fraction of sp³-hybridized carbons (Fsp3) is 0.818. The number of hydrogen-bond donors (Lipinski definition) is 0. The van der Waals surface area contributed by atoms with E-state index in [1.807, 2.05) is 4.68 Å². The standard InChI is InChI=1S/C11H17N3O2/c1-3-9(15-5-1)11(10-4-2-6-16-10)14-8-12-7-13-14/h7-11H,1-6H2. The van der Waals surface area contributed by atoms with Gasteiger partial charge in [0.2, 0.25) is 0 Å². The van der Waals surface area contributed by atoms with Gasteiger partial charge in [0.05, 0.1) is 12.2 Å². The van der Waals surface area contributed by atoms with Crippen LogP contribution < -0.4 is 0 Å². The minimum absolute atomic E-state index is 0.201. The van der Waals surface area contributed by atoms with Crippen LogP contribution in [0.5, 0.6) is 0 Å². The lowest BCUT2D eigenvalue weighted by Gasteiger charge is -2.27. The summed E-state index contributed by atoms with van der Waals surface area (Å²) in [5.41, 5.74) is 0. The smallest absolute Gasteiger partial charge is 0.137 e. The van der Waals surface area contributed by atoms with Crippen molar-refractivity contribution in [2.75, 3.05) is 13.2 Å². The van der Waals surface area contributed by atoms with Crippen LogP contribution in [0.25, 0.3) is 0 Å². The monoisotopic (exact) mass is 223 g/mol. The van der Waals surface area contributed by atoms with Gasteiger partial charge in [0.1, 0.15) is 18.7 Å². The lowest BCUT2D eigenvalue weighted by Crippen LogP contribution is -2.34. The molecule has 3 rings (SSSR count). The quantitative estimate of drug-likeness (QED) is 0.772. The van der Waals surface area contributed by atoms with Gasteiger partial charge < -0.3 is 9.47 Å². The Morgan fingerprint density at radius 1 is 1.12 bits per heavy atom. The molecule has 2 fully saturated rings. The van der Waals surface area contributed by atoms with E-state index in [2.05, 4.69) is 10.1 Å². The van der Waals surface area contributed by atoms with Crippen molar-refractivity contribution in [2.45, 2.75) is 43.9 Å². The Kier molecular flexibility index (Phi) is 2.88. The second kappa shape index (κ2) is 4.51. The molecule has 5 heteroatoms. The molecule has 5 nitrogen and oxygen atoms in total. The third-order valence-corrected chi connectivity index (χ3v) is 3.43. The van der Waals surface area contributed by atoms with Crippen molar-refractivity contribution in [3.63, 3.8) is 0 Å². The molecule has 2 unspecified atom stereocenters. The minimum atomic E-state index is 0.201. The summed E-state index contributed by atoms with van der Waals surface area (Å²) in [5, 5.41) is 4.25. The van der Waals surface area contributed by atoms with Crippen molar-refractivity contribution in [1.29, 1.82) is 0 Å². The summed E-state index contributed by atoms with van der Waals surface area (Å²) < 4.78 is 13.5. The molecule has 0 N–H and O–H groups in total. The third kappa shape index (κ3) is 1.85. The molecule has 0 radical (unpaired) electrons. The maximum absolute atomic E-state index is 5.78. The molecule has 0 spiro atoms. The number of hydrogen-bond acceptors (Lipinski definition) is 4. The zero-order chi connectivity index (χ0) is 10.8. The highest BCUT2D eigenvalue weighted by Crippen LogP contribution is 2.32. The predicted octanol–water partition coefficient (Wildman–Crippen LogP) is 1.18. The van der Waals surface area contributed by atoms with E-state index in [9.17, 15) is 0 Å². The second-order valence-corrected chi connectivity index (χ2v) is 4.47. The van der Waals surface area contributed by atoms with Gasteiger partial charge in [-0.3, -0.25) is 0 Å². The first-order valence-electron chi connectivity index (χ1n) is 6.02. The number of rotatable bonds is 3. The Morgan fingerprint density at radius 3 is 2.25 bits per heavy atom. The van der Waals surface area contributed by atoms with Crippen molar-refractivity contribution in [2.24, 2.45) is 0 Å². The molecule has 16 heavy (non-hydrogen) atoms. The summed E-state index contributed by atoms with van der Waals surface area (Å²) in [4.78, 5) is 4.03. The van der Waals surface area contributed by atoms with E-state index >= 15 is 0 Å². The highest BCUT2D eigenvalue weighted by Gasteiger charge is 2.36. The molecule has 0 aliphatic carbocycles. The Balaban J connectivity index is 1.81. The zero-order valence-corrected chi connectivity index (χ0v) is 9.29. The van der Waals surface area contributed by atoms with Crippen molar-refractivity contribution >= 4 is 0 Å². The van der Waals surface area contributed by atoms with Crippen molar-refractivity contribution < 1.29 is 9.47 Å². The average molecular weight is 223 g/mol. The van der Waals surface area contributed by atoms with Gasteiger partial charge in [-0.2, -0.15) is 5.10 Å². The molecule has 2 aliphatic rings. The fourth-order valence-electron chi connectivity index (χ4n) is 2.70. The largest absolute Gasteiger partial charge is 0.376 e. The van der Waals surface area contributed by atoms with E-state index < -0.39 is 0 Å². The van der Waals surface area contributed by atoms with Crippen LogP contribution in [0.3, 0.4) is 0 Å². The van der Waals surface area contributed by atoms with E-state index in [1.165, 1.54) is 0 Å². The molecular formula is C11H17N3O2. The number of ether oxygens (including phenoxy) is 2. The molecule has 2 atom stereocenters. The van der Waals surface area contributed by atoms with Crippen molar-refractivity contribution in [3.8, 4) is 0 Å². The van der Waals surface area contributed by atoms with Gasteiger partial charge in [-0.15, -0.1) is 0 Å². The SMILES string of the molecule is c1ncn(C(C2CCCO2)C2CCCO2)n1. The molecule has 1 aromatic heterocycles. The molecule has 2 aliphatic heterocycles. The van der Waals surface area contributed by atoms with Gasteiger partial charge >= 0.3 is 0 Å². The zero-order valence-electron chi connectivity index (χ0n) is 9.29. The molecule has 1 aromatic rings. The summed E-state index contributed by atoms with van der Waals surface area (Å²) in [6.07, 6.45) is 8.32. The molecule has 0 bridgehead atoms. The molecule has 2 saturated heterocycles. The first kappa shape index (κ1) is 10.2. The van der Waals surface area contributed by atoms with E-state index in [1.54, 1.807) is 12.7 Å². The molecule has 0 amide bonds. The van der Waals surface area contributed by atoms with E-state index in [0.29, 0.717) is 0 Å². The Bertz CT molecular complexity index is 300. The molecular weight excluding hydrogens is 206 g/mol. The van der Waals surface area contributed by atoms with Gasteiger partial charge in [-0.05, 0) is 25.7 Å². The number of nitrogens with zero attached hydrogens (tertiary/aromatic N) is 3. The van der Waals surface area contributed by atoms with Crippen LogP contribution in [-0.2, 0) is 9.47 Å². The lowest BCUT2D eigenvalue weighted by atomic mass is 10.0. The fourth-order valence-corrected chi connectivity index (χ4v) is 2.70. The summed E-state index contributed by atoms with van der Waals surface area (Å²) in [5.74, 6) is 0. The van der Waals surface area contributed by atoms with Crippen molar-refractivity contribution in [3.05, 3.63) is 12.7 Å². The summed E-state index contributed by atoms with van der Waals surface area (Å²) in [7, 11) is 0. The molecule has 0 saturated carbocycles. The van der Waals surface area contributed by atoms with Gasteiger partial charge in [0, 0.05) is 13.2 Å². The van der Waals surface area contributed by atoms with Gasteiger partial charge in [-0.25, -0.2) is 9.67 Å². The second-order valence-electron chi connectivity index (χ2n) is 4.47. The van der Waals surface area contributed by atoms with Crippen LogP contribution in [0.2, 0.25) is 0 Å². The number of aromatic nitrogens is 3. The van der Waals surface area contributed by atoms with Gasteiger partial charge in [0.25, 0.3) is 0 Å². The highest BCUT2D eigenvalue weighted by molar-refractivity contribution is 4.87. The predicted molar refractivity (Wildman–Crippen MR) is 57.0 cm³/mol. The van der Waals surface area contributed by atoms with Crippen molar-refractivity contribution in [1.82, 2.24) is 14.8 Å². The lowest BCUT2D eigenvalue weighted by molar-refractivity contribution is -0.0161. The van der Waals surface area contributed by atoms with Crippen LogP contribution in [0, 0.1) is 0 Å². The van der Waals surface area contributed by atoms with Crippen LogP contribution >= 0.6 is 0 Å². The molecule has 88 valence electrons. The molecule has 0 aromatic carbocycles. The summed E-state index contributed by atoms with van der Waals surface area (Å²) in [6, 6.07) is 0.201. The van der Waals surface area contributed by atoms with E-state index in [4.69, 9.17) is 9.47 Å². The van der Waals surface area contributed by atoms with E-state index in [-0.39, 0.29) is 18.2 Å². The third-order valence-electron chi connectivity index (χ3n) is 3.43. The van der Waals surface area contributed by atoms with E-state index in [0.717, 1.165) is 38.9 Å².